The number of pyridine rings is 1. The normalized spacial score (nSPS) is 11.0. The first-order chi connectivity index (χ1) is 17.5. The van der Waals surface area contributed by atoms with Gasteiger partial charge in [-0.3, -0.25) is 4.79 Å². The minimum Gasteiger partial charge on any atom is -0.497 e. The fourth-order valence-electron chi connectivity index (χ4n) is 4.40. The maximum Gasteiger partial charge on any atom is 0.224 e. The second-order valence-electron chi connectivity index (χ2n) is 8.66. The maximum absolute atomic E-state index is 12.8. The number of hydrogen-bond acceptors (Lipinski definition) is 3. The molecule has 0 atom stereocenters. The van der Waals surface area contributed by atoms with E-state index >= 15 is 0 Å². The number of aromatic nitrogens is 2. The molecule has 5 nitrogen and oxygen atoms in total. The molecule has 0 bridgehead atoms. The molecular weight excluding hydrogens is 470 g/mol. The molecule has 0 aliphatic rings. The van der Waals surface area contributed by atoms with Gasteiger partial charge in [-0.05, 0) is 78.6 Å². The summed E-state index contributed by atoms with van der Waals surface area (Å²) in [6, 6.07) is 27.4. The number of nitrogens with one attached hydrogen (secondary N) is 1. The molecule has 180 valence electrons. The number of amides is 1. The molecule has 0 spiro atoms. The fourth-order valence-corrected chi connectivity index (χ4v) is 4.63. The third-order valence-electron chi connectivity index (χ3n) is 6.23. The van der Waals surface area contributed by atoms with E-state index in [0.717, 1.165) is 55.7 Å². The molecule has 1 amide bonds. The lowest BCUT2D eigenvalue weighted by atomic mass is 10.0. The summed E-state index contributed by atoms with van der Waals surface area (Å²) in [5.41, 5.74) is 7.77. The van der Waals surface area contributed by atoms with Crippen molar-refractivity contribution in [3.05, 3.63) is 107 Å². The number of carbonyl (C=O) groups excluding carboxylic acids is 1. The average molecular weight is 496 g/mol. The van der Waals surface area contributed by atoms with Gasteiger partial charge < -0.3 is 14.5 Å². The number of rotatable bonds is 7. The van der Waals surface area contributed by atoms with Crippen molar-refractivity contribution >= 4 is 28.8 Å². The Morgan fingerprint density at radius 1 is 0.972 bits per heavy atom. The average Bonchev–Trinajstić information content (AvgIpc) is 3.26. The zero-order valence-corrected chi connectivity index (χ0v) is 20.9. The quantitative estimate of drug-likeness (QED) is 0.259. The molecule has 36 heavy (non-hydrogen) atoms. The van der Waals surface area contributed by atoms with Crippen molar-refractivity contribution in [2.24, 2.45) is 0 Å². The smallest absolute Gasteiger partial charge is 0.224 e. The maximum atomic E-state index is 12.8. The van der Waals surface area contributed by atoms with Crippen LogP contribution in [0.15, 0.2) is 91.1 Å². The minimum atomic E-state index is -0.0566. The van der Waals surface area contributed by atoms with Crippen molar-refractivity contribution in [1.82, 2.24) is 9.38 Å². The van der Waals surface area contributed by atoms with E-state index in [2.05, 4.69) is 28.9 Å². The highest BCUT2D eigenvalue weighted by molar-refractivity contribution is 6.30. The molecule has 5 aromatic rings. The Balaban J connectivity index is 1.48. The zero-order chi connectivity index (χ0) is 25.1. The van der Waals surface area contributed by atoms with Gasteiger partial charge in [0.05, 0.1) is 18.5 Å². The molecule has 0 saturated carbocycles. The zero-order valence-electron chi connectivity index (χ0n) is 20.2. The van der Waals surface area contributed by atoms with Crippen LogP contribution in [0.2, 0.25) is 5.02 Å². The van der Waals surface area contributed by atoms with Crippen LogP contribution in [-0.4, -0.2) is 22.4 Å². The van der Waals surface area contributed by atoms with Crippen molar-refractivity contribution in [2.45, 2.75) is 19.8 Å². The SMILES string of the molecule is COc1ccc(NC(=O)CCc2c(-c3ccccc3)nc3ccc(-c4ccc(Cl)cc4C)cn23)cc1. The summed E-state index contributed by atoms with van der Waals surface area (Å²) in [5, 5.41) is 3.69. The lowest BCUT2D eigenvalue weighted by Crippen LogP contribution is -2.13. The molecule has 0 fully saturated rings. The number of hydrogen-bond donors (Lipinski definition) is 1. The Morgan fingerprint density at radius 2 is 1.75 bits per heavy atom. The van der Waals surface area contributed by atoms with Crippen LogP contribution in [-0.2, 0) is 11.2 Å². The van der Waals surface area contributed by atoms with Gasteiger partial charge in [-0.25, -0.2) is 4.98 Å². The van der Waals surface area contributed by atoms with E-state index in [1.54, 1.807) is 7.11 Å². The van der Waals surface area contributed by atoms with Crippen LogP contribution in [0.3, 0.4) is 0 Å². The molecule has 6 heteroatoms. The van der Waals surface area contributed by atoms with Gasteiger partial charge in [0.2, 0.25) is 5.91 Å². The third-order valence-corrected chi connectivity index (χ3v) is 6.46. The van der Waals surface area contributed by atoms with E-state index in [4.69, 9.17) is 21.3 Å². The Bertz CT molecular complexity index is 1530. The number of ether oxygens (including phenoxy) is 1. The van der Waals surface area contributed by atoms with Gasteiger partial charge in [0.1, 0.15) is 11.4 Å². The van der Waals surface area contributed by atoms with Gasteiger partial charge in [0, 0.05) is 28.9 Å². The molecular formula is C30H26ClN3O2. The summed E-state index contributed by atoms with van der Waals surface area (Å²) in [4.78, 5) is 17.8. The van der Waals surface area contributed by atoms with Crippen LogP contribution in [0.1, 0.15) is 17.7 Å². The summed E-state index contributed by atoms with van der Waals surface area (Å²) in [5.74, 6) is 0.691. The van der Waals surface area contributed by atoms with Gasteiger partial charge in [-0.1, -0.05) is 48.0 Å². The first kappa shape index (κ1) is 23.6. The second kappa shape index (κ2) is 10.3. The Hall–Kier alpha value is -4.09. The summed E-state index contributed by atoms with van der Waals surface area (Å²) in [7, 11) is 1.62. The van der Waals surface area contributed by atoms with E-state index in [-0.39, 0.29) is 5.91 Å². The van der Waals surface area contributed by atoms with Crippen molar-refractivity contribution in [1.29, 1.82) is 0 Å². The molecule has 2 heterocycles. The molecule has 0 saturated heterocycles. The van der Waals surface area contributed by atoms with Crippen molar-refractivity contribution < 1.29 is 9.53 Å². The lowest BCUT2D eigenvalue weighted by Gasteiger charge is -2.10. The van der Waals surface area contributed by atoms with Crippen LogP contribution in [0.25, 0.3) is 28.0 Å². The van der Waals surface area contributed by atoms with Gasteiger partial charge in [0.15, 0.2) is 0 Å². The highest BCUT2D eigenvalue weighted by atomic mass is 35.5. The summed E-state index contributed by atoms with van der Waals surface area (Å²) < 4.78 is 7.30. The number of benzene rings is 3. The summed E-state index contributed by atoms with van der Waals surface area (Å²) in [6.07, 6.45) is 2.96. The Morgan fingerprint density at radius 3 is 2.47 bits per heavy atom. The fraction of sp³-hybridized carbons (Fsp3) is 0.133. The van der Waals surface area contributed by atoms with E-state index < -0.39 is 0 Å². The van der Waals surface area contributed by atoms with E-state index in [1.165, 1.54) is 0 Å². The second-order valence-corrected chi connectivity index (χ2v) is 9.09. The number of methoxy groups -OCH3 is 1. The first-order valence-electron chi connectivity index (χ1n) is 11.8. The molecule has 0 unspecified atom stereocenters. The van der Waals surface area contributed by atoms with E-state index in [0.29, 0.717) is 12.8 Å². The molecule has 0 aliphatic carbocycles. The minimum absolute atomic E-state index is 0.0566. The molecule has 3 aromatic carbocycles. The van der Waals surface area contributed by atoms with Crippen LogP contribution >= 0.6 is 11.6 Å². The molecule has 1 N–H and O–H groups in total. The lowest BCUT2D eigenvalue weighted by molar-refractivity contribution is -0.116. The largest absolute Gasteiger partial charge is 0.497 e. The number of fused-ring (bicyclic) bond motifs is 1. The topological polar surface area (TPSA) is 55.6 Å². The predicted octanol–water partition coefficient (Wildman–Crippen LogP) is 7.21. The van der Waals surface area contributed by atoms with Crippen LogP contribution in [0.4, 0.5) is 5.69 Å². The van der Waals surface area contributed by atoms with Crippen molar-refractivity contribution in [3.8, 4) is 28.1 Å². The van der Waals surface area contributed by atoms with Crippen molar-refractivity contribution in [2.75, 3.05) is 12.4 Å². The summed E-state index contributed by atoms with van der Waals surface area (Å²) in [6.45, 7) is 2.05. The number of aryl methyl sites for hydroxylation is 2. The van der Waals surface area contributed by atoms with E-state index in [1.807, 2.05) is 78.9 Å². The van der Waals surface area contributed by atoms with Gasteiger partial charge in [-0.2, -0.15) is 0 Å². The number of nitrogens with zero attached hydrogens (tertiary/aromatic N) is 2. The van der Waals surface area contributed by atoms with Crippen molar-refractivity contribution in [3.63, 3.8) is 0 Å². The molecule has 0 radical (unpaired) electrons. The number of halogens is 1. The first-order valence-corrected chi connectivity index (χ1v) is 12.2. The number of anilines is 1. The standard InChI is InChI=1S/C30H26ClN3O2/c1-20-18-23(31)9-14-26(20)22-8-16-28-33-30(21-6-4-3-5-7-21)27(34(28)19-22)15-17-29(35)32-24-10-12-25(36-2)13-11-24/h3-14,16,18-19H,15,17H2,1-2H3,(H,32,35). The van der Waals surface area contributed by atoms with Gasteiger partial charge >= 0.3 is 0 Å². The van der Waals surface area contributed by atoms with Gasteiger partial charge in [-0.15, -0.1) is 0 Å². The van der Waals surface area contributed by atoms with Crippen LogP contribution in [0.5, 0.6) is 5.75 Å². The summed E-state index contributed by atoms with van der Waals surface area (Å²) >= 11 is 6.18. The molecule has 5 rings (SSSR count). The number of carbonyl (C=O) groups is 1. The Labute approximate surface area is 215 Å². The molecule has 0 aliphatic heterocycles. The highest BCUT2D eigenvalue weighted by Crippen LogP contribution is 2.30. The van der Waals surface area contributed by atoms with Crippen LogP contribution in [0, 0.1) is 6.92 Å². The van der Waals surface area contributed by atoms with Gasteiger partial charge in [0.25, 0.3) is 0 Å². The monoisotopic (exact) mass is 495 g/mol. The van der Waals surface area contributed by atoms with E-state index in [9.17, 15) is 4.79 Å². The number of imidazole rings is 1. The predicted molar refractivity (Wildman–Crippen MR) is 146 cm³/mol. The highest BCUT2D eigenvalue weighted by Gasteiger charge is 2.17. The molecule has 2 aromatic heterocycles. The Kier molecular flexibility index (Phi) is 6.74. The third kappa shape index (κ3) is 4.97. The van der Waals surface area contributed by atoms with Crippen LogP contribution < -0.4 is 10.1 Å².